The number of pyridine rings is 1. The van der Waals surface area contributed by atoms with Crippen LogP contribution in [-0.2, 0) is 0 Å². The van der Waals surface area contributed by atoms with Crippen LogP contribution in [0.1, 0.15) is 29.0 Å². The highest BCUT2D eigenvalue weighted by molar-refractivity contribution is 5.95. The molecule has 1 saturated heterocycles. The fourth-order valence-electron chi connectivity index (χ4n) is 3.11. The molecule has 0 radical (unpaired) electrons. The van der Waals surface area contributed by atoms with Crippen molar-refractivity contribution in [2.75, 3.05) is 26.0 Å². The van der Waals surface area contributed by atoms with Crippen LogP contribution in [0.3, 0.4) is 0 Å². The molecule has 0 aliphatic carbocycles. The summed E-state index contributed by atoms with van der Waals surface area (Å²) in [6.07, 6.45) is 1.53. The van der Waals surface area contributed by atoms with Crippen molar-refractivity contribution in [1.82, 2.24) is 14.8 Å². The Balaban J connectivity index is 1.72. The molecule has 6 heteroatoms. The lowest BCUT2D eigenvalue weighted by molar-refractivity contribution is 0.0670. The van der Waals surface area contributed by atoms with Crippen LogP contribution in [0.4, 0.5) is 10.5 Å². The van der Waals surface area contributed by atoms with Gasteiger partial charge in [-0.15, -0.1) is 0 Å². The van der Waals surface area contributed by atoms with Gasteiger partial charge >= 0.3 is 6.03 Å². The first-order valence-corrected chi connectivity index (χ1v) is 8.27. The summed E-state index contributed by atoms with van der Waals surface area (Å²) in [5, 5.41) is 2.87. The van der Waals surface area contributed by atoms with Gasteiger partial charge in [0, 0.05) is 32.5 Å². The van der Waals surface area contributed by atoms with E-state index in [1.807, 2.05) is 35.2 Å². The molecule has 0 spiro atoms. The van der Waals surface area contributed by atoms with Gasteiger partial charge in [-0.25, -0.2) is 4.79 Å². The standard InChI is InChI=1S/C19H22N4O2/c1-13-12-23(17(13)14-7-5-4-6-8-14)19(25)21-15-9-10-20-16(11-15)18(24)22(2)3/h4-11,13,17H,12H2,1-3H3,(H,20,21,25)/t13-,17+/m1/s1. The number of carbonyl (C=O) groups excluding carboxylic acids is 2. The lowest BCUT2D eigenvalue weighted by atomic mass is 9.85. The number of hydrogen-bond acceptors (Lipinski definition) is 3. The van der Waals surface area contributed by atoms with E-state index in [0.717, 1.165) is 5.56 Å². The first kappa shape index (κ1) is 17.0. The fraction of sp³-hybridized carbons (Fsp3) is 0.316. The van der Waals surface area contributed by atoms with E-state index in [9.17, 15) is 9.59 Å². The Hall–Kier alpha value is -2.89. The molecule has 1 aromatic carbocycles. The van der Waals surface area contributed by atoms with Crippen molar-refractivity contribution in [3.63, 3.8) is 0 Å². The molecule has 2 heterocycles. The summed E-state index contributed by atoms with van der Waals surface area (Å²) < 4.78 is 0. The molecule has 0 unspecified atom stereocenters. The number of carbonyl (C=O) groups is 2. The van der Waals surface area contributed by atoms with E-state index in [-0.39, 0.29) is 18.0 Å². The molecule has 1 aromatic heterocycles. The Bertz CT molecular complexity index is 776. The van der Waals surface area contributed by atoms with Gasteiger partial charge in [0.1, 0.15) is 5.69 Å². The SMILES string of the molecule is C[C@@H]1CN(C(=O)Nc2ccnc(C(=O)N(C)C)c2)[C@@H]1c1ccccc1. The van der Waals surface area contributed by atoms with Crippen molar-refractivity contribution in [3.05, 3.63) is 59.9 Å². The van der Waals surface area contributed by atoms with Crippen molar-refractivity contribution in [2.45, 2.75) is 13.0 Å². The maximum Gasteiger partial charge on any atom is 0.322 e. The summed E-state index contributed by atoms with van der Waals surface area (Å²) in [7, 11) is 3.34. The highest BCUT2D eigenvalue weighted by Crippen LogP contribution is 2.38. The number of anilines is 1. The zero-order valence-corrected chi connectivity index (χ0v) is 14.6. The zero-order chi connectivity index (χ0) is 18.0. The van der Waals surface area contributed by atoms with Gasteiger partial charge in [0.25, 0.3) is 5.91 Å². The normalized spacial score (nSPS) is 19.1. The number of urea groups is 1. The number of nitrogens with zero attached hydrogens (tertiary/aromatic N) is 3. The third-order valence-electron chi connectivity index (χ3n) is 4.40. The second-order valence-electron chi connectivity index (χ2n) is 6.54. The van der Waals surface area contributed by atoms with E-state index in [2.05, 4.69) is 17.2 Å². The van der Waals surface area contributed by atoms with Gasteiger partial charge in [0.05, 0.1) is 6.04 Å². The van der Waals surface area contributed by atoms with E-state index in [0.29, 0.717) is 23.8 Å². The number of benzene rings is 1. The number of amides is 3. The monoisotopic (exact) mass is 338 g/mol. The Morgan fingerprint density at radius 2 is 1.92 bits per heavy atom. The Kier molecular flexibility index (Phi) is 4.70. The fourth-order valence-corrected chi connectivity index (χ4v) is 3.11. The largest absolute Gasteiger partial charge is 0.343 e. The predicted molar refractivity (Wildman–Crippen MR) is 96.3 cm³/mol. The van der Waals surface area contributed by atoms with Crippen LogP contribution in [0.15, 0.2) is 48.7 Å². The predicted octanol–water partition coefficient (Wildman–Crippen LogP) is 3.01. The summed E-state index contributed by atoms with van der Waals surface area (Å²) in [4.78, 5) is 32.0. The van der Waals surface area contributed by atoms with Gasteiger partial charge in [0.15, 0.2) is 0 Å². The highest BCUT2D eigenvalue weighted by Gasteiger charge is 2.39. The maximum absolute atomic E-state index is 12.6. The van der Waals surface area contributed by atoms with Crippen LogP contribution in [-0.4, -0.2) is 47.4 Å². The minimum absolute atomic E-state index is 0.0749. The van der Waals surface area contributed by atoms with E-state index in [1.165, 1.54) is 11.1 Å². The van der Waals surface area contributed by atoms with Gasteiger partial charge in [-0.2, -0.15) is 0 Å². The smallest absolute Gasteiger partial charge is 0.322 e. The minimum Gasteiger partial charge on any atom is -0.343 e. The molecule has 3 amide bonds. The molecule has 2 aromatic rings. The van der Waals surface area contributed by atoms with Gasteiger partial charge < -0.3 is 15.1 Å². The minimum atomic E-state index is -0.198. The van der Waals surface area contributed by atoms with Crippen molar-refractivity contribution in [3.8, 4) is 0 Å². The Morgan fingerprint density at radius 1 is 1.20 bits per heavy atom. The summed E-state index contributed by atoms with van der Waals surface area (Å²) in [6, 6.07) is 13.2. The van der Waals surface area contributed by atoms with Crippen LogP contribution in [0.2, 0.25) is 0 Å². The van der Waals surface area contributed by atoms with Crippen molar-refractivity contribution >= 4 is 17.6 Å². The molecule has 1 aliphatic rings. The maximum atomic E-state index is 12.6. The number of nitrogens with one attached hydrogen (secondary N) is 1. The Labute approximate surface area is 147 Å². The van der Waals surface area contributed by atoms with Gasteiger partial charge in [-0.3, -0.25) is 9.78 Å². The first-order chi connectivity index (χ1) is 12.0. The van der Waals surface area contributed by atoms with Gasteiger partial charge in [0.2, 0.25) is 0 Å². The quantitative estimate of drug-likeness (QED) is 0.935. The molecule has 0 saturated carbocycles. The molecule has 3 rings (SSSR count). The molecule has 25 heavy (non-hydrogen) atoms. The second-order valence-corrected chi connectivity index (χ2v) is 6.54. The first-order valence-electron chi connectivity index (χ1n) is 8.27. The van der Waals surface area contributed by atoms with Crippen molar-refractivity contribution in [2.24, 2.45) is 5.92 Å². The zero-order valence-electron chi connectivity index (χ0n) is 14.6. The van der Waals surface area contributed by atoms with Crippen LogP contribution in [0.5, 0.6) is 0 Å². The molecule has 6 nitrogen and oxygen atoms in total. The van der Waals surface area contributed by atoms with Crippen LogP contribution >= 0.6 is 0 Å². The van der Waals surface area contributed by atoms with Crippen molar-refractivity contribution in [1.29, 1.82) is 0 Å². The van der Waals surface area contributed by atoms with Crippen LogP contribution < -0.4 is 5.32 Å². The van der Waals surface area contributed by atoms with Crippen molar-refractivity contribution < 1.29 is 9.59 Å². The second kappa shape index (κ2) is 6.93. The molecule has 130 valence electrons. The summed E-state index contributed by atoms with van der Waals surface area (Å²) in [6.45, 7) is 2.85. The summed E-state index contributed by atoms with van der Waals surface area (Å²) in [5.74, 6) is 0.215. The molecule has 1 fully saturated rings. The Morgan fingerprint density at radius 3 is 2.56 bits per heavy atom. The van der Waals surface area contributed by atoms with Crippen LogP contribution in [0.25, 0.3) is 0 Å². The molecular weight excluding hydrogens is 316 g/mol. The van der Waals surface area contributed by atoms with E-state index in [1.54, 1.807) is 26.2 Å². The van der Waals surface area contributed by atoms with Gasteiger partial charge in [-0.05, 0) is 23.6 Å². The molecular formula is C19H22N4O2. The lowest BCUT2D eigenvalue weighted by Gasteiger charge is -2.46. The topological polar surface area (TPSA) is 65.5 Å². The van der Waals surface area contributed by atoms with Gasteiger partial charge in [-0.1, -0.05) is 37.3 Å². The molecule has 1 aliphatic heterocycles. The van der Waals surface area contributed by atoms with Crippen LogP contribution in [0, 0.1) is 5.92 Å². The average molecular weight is 338 g/mol. The third kappa shape index (κ3) is 3.47. The molecule has 1 N–H and O–H groups in total. The number of likely N-dealkylation sites (tertiary alicyclic amines) is 1. The average Bonchev–Trinajstić information content (AvgIpc) is 2.59. The van der Waals surface area contributed by atoms with E-state index < -0.39 is 0 Å². The molecule has 2 atom stereocenters. The number of hydrogen-bond donors (Lipinski definition) is 1. The summed E-state index contributed by atoms with van der Waals surface area (Å²) >= 11 is 0. The summed E-state index contributed by atoms with van der Waals surface area (Å²) in [5.41, 5.74) is 2.01. The van der Waals surface area contributed by atoms with E-state index in [4.69, 9.17) is 0 Å². The lowest BCUT2D eigenvalue weighted by Crippen LogP contribution is -2.53. The number of aromatic nitrogens is 1. The highest BCUT2D eigenvalue weighted by atomic mass is 16.2. The number of rotatable bonds is 3. The molecule has 0 bridgehead atoms. The van der Waals surface area contributed by atoms with E-state index >= 15 is 0 Å². The third-order valence-corrected chi connectivity index (χ3v) is 4.40.